The summed E-state index contributed by atoms with van der Waals surface area (Å²) in [7, 11) is 0. The first-order valence-corrected chi connectivity index (χ1v) is 8.67. The largest absolute Gasteiger partial charge is 0.380 e. The molecule has 1 N–H and O–H groups in total. The number of thioether (sulfide) groups is 1. The van der Waals surface area contributed by atoms with Crippen molar-refractivity contribution in [1.29, 1.82) is 0 Å². The summed E-state index contributed by atoms with van der Waals surface area (Å²) in [5.41, 5.74) is 2.46. The van der Waals surface area contributed by atoms with Crippen LogP contribution in [0.25, 0.3) is 0 Å². The van der Waals surface area contributed by atoms with Crippen LogP contribution in [0.5, 0.6) is 0 Å². The molecule has 100 valence electrons. The van der Waals surface area contributed by atoms with Gasteiger partial charge in [-0.1, -0.05) is 25.1 Å². The van der Waals surface area contributed by atoms with Gasteiger partial charge in [-0.3, -0.25) is 0 Å². The zero-order valence-corrected chi connectivity index (χ0v) is 14.6. The highest BCUT2D eigenvalue weighted by Gasteiger charge is 2.02. The van der Waals surface area contributed by atoms with Crippen LogP contribution in [0.2, 0.25) is 0 Å². The molecule has 0 atom stereocenters. The Hall–Kier alpha value is -0.450. The summed E-state index contributed by atoms with van der Waals surface area (Å²) in [5.74, 6) is 1.09. The van der Waals surface area contributed by atoms with Crippen LogP contribution in [0.3, 0.4) is 0 Å². The molecule has 1 nitrogen and oxygen atoms in total. The molecule has 0 fully saturated rings. The number of hydrogen-bond donors (Lipinski definition) is 1. The van der Waals surface area contributed by atoms with Crippen LogP contribution < -0.4 is 5.32 Å². The van der Waals surface area contributed by atoms with E-state index in [0.717, 1.165) is 21.2 Å². The minimum atomic E-state index is 0.827. The molecule has 2 rings (SSSR count). The van der Waals surface area contributed by atoms with Crippen LogP contribution >= 0.6 is 43.6 Å². The van der Waals surface area contributed by atoms with Gasteiger partial charge in [-0.05, 0) is 67.4 Å². The molecule has 2 aromatic carbocycles. The van der Waals surface area contributed by atoms with Crippen molar-refractivity contribution in [2.45, 2.75) is 18.4 Å². The third kappa shape index (κ3) is 4.26. The van der Waals surface area contributed by atoms with Crippen molar-refractivity contribution in [3.05, 3.63) is 57.0 Å². The second kappa shape index (κ2) is 7.36. The van der Waals surface area contributed by atoms with Gasteiger partial charge in [0.05, 0.1) is 0 Å². The van der Waals surface area contributed by atoms with Gasteiger partial charge in [0, 0.05) is 26.1 Å². The van der Waals surface area contributed by atoms with Crippen molar-refractivity contribution in [1.82, 2.24) is 0 Å². The molecular weight excluding hydrogens is 386 g/mol. The van der Waals surface area contributed by atoms with Gasteiger partial charge in [0.15, 0.2) is 0 Å². The lowest BCUT2D eigenvalue weighted by atomic mass is 10.2. The molecule has 0 saturated carbocycles. The molecule has 0 saturated heterocycles. The summed E-state index contributed by atoms with van der Waals surface area (Å²) in [4.78, 5) is 1.31. The molecule has 19 heavy (non-hydrogen) atoms. The third-order valence-electron chi connectivity index (χ3n) is 2.65. The second-order valence-corrected chi connectivity index (χ2v) is 7.05. The van der Waals surface area contributed by atoms with E-state index >= 15 is 0 Å². The maximum atomic E-state index is 3.53. The van der Waals surface area contributed by atoms with Gasteiger partial charge in [-0.15, -0.1) is 11.8 Å². The Labute approximate surface area is 135 Å². The van der Waals surface area contributed by atoms with Crippen LogP contribution in [-0.4, -0.2) is 5.75 Å². The number of anilines is 1. The summed E-state index contributed by atoms with van der Waals surface area (Å²) < 4.78 is 2.17. The molecule has 0 radical (unpaired) electrons. The standard InChI is InChI=1S/C15H15Br2NS/c1-2-19-15-6-4-3-5-14(15)18-10-11-7-8-12(16)13(17)9-11/h3-9,18H,2,10H2,1H3. The molecule has 0 unspecified atom stereocenters. The Morgan fingerprint density at radius 1 is 1.05 bits per heavy atom. The number of benzene rings is 2. The van der Waals surface area contributed by atoms with Gasteiger partial charge in [0.25, 0.3) is 0 Å². The van der Waals surface area contributed by atoms with Gasteiger partial charge >= 0.3 is 0 Å². The average Bonchev–Trinajstić information content (AvgIpc) is 2.42. The summed E-state index contributed by atoms with van der Waals surface area (Å²) in [6.45, 7) is 3.00. The predicted molar refractivity (Wildman–Crippen MR) is 92.0 cm³/mol. The topological polar surface area (TPSA) is 12.0 Å². The minimum Gasteiger partial charge on any atom is -0.380 e. The first-order valence-electron chi connectivity index (χ1n) is 6.10. The molecule has 4 heteroatoms. The number of nitrogens with one attached hydrogen (secondary N) is 1. The summed E-state index contributed by atoms with van der Waals surface area (Å²) in [6.07, 6.45) is 0. The van der Waals surface area contributed by atoms with Crippen molar-refractivity contribution in [3.63, 3.8) is 0 Å². The molecule has 0 spiro atoms. The number of para-hydroxylation sites is 1. The van der Waals surface area contributed by atoms with Crippen molar-refractivity contribution < 1.29 is 0 Å². The normalized spacial score (nSPS) is 10.5. The van der Waals surface area contributed by atoms with Gasteiger partial charge < -0.3 is 5.32 Å². The van der Waals surface area contributed by atoms with E-state index in [0.29, 0.717) is 0 Å². The fraction of sp³-hybridized carbons (Fsp3) is 0.200. The summed E-state index contributed by atoms with van der Waals surface area (Å²) >= 11 is 8.88. The number of hydrogen-bond acceptors (Lipinski definition) is 2. The Bertz CT molecular complexity index is 558. The Morgan fingerprint density at radius 2 is 1.84 bits per heavy atom. The lowest BCUT2D eigenvalue weighted by molar-refractivity contribution is 1.13. The molecule has 0 aliphatic carbocycles. The number of halogens is 2. The molecular formula is C15H15Br2NS. The van der Waals surface area contributed by atoms with Crippen molar-refractivity contribution in [2.75, 3.05) is 11.1 Å². The molecule has 0 aliphatic heterocycles. The molecule has 0 amide bonds. The van der Waals surface area contributed by atoms with E-state index in [1.165, 1.54) is 16.1 Å². The maximum Gasteiger partial charge on any atom is 0.0481 e. The van der Waals surface area contributed by atoms with E-state index in [1.54, 1.807) is 0 Å². The zero-order valence-electron chi connectivity index (χ0n) is 10.6. The quantitative estimate of drug-likeness (QED) is 0.623. The molecule has 2 aromatic rings. The molecule has 0 aliphatic rings. The minimum absolute atomic E-state index is 0.827. The first kappa shape index (κ1) is 14.9. The SMILES string of the molecule is CCSc1ccccc1NCc1ccc(Br)c(Br)c1. The lowest BCUT2D eigenvalue weighted by Crippen LogP contribution is -2.00. The third-order valence-corrected chi connectivity index (χ3v) is 5.49. The van der Waals surface area contributed by atoms with Crippen LogP contribution in [0.15, 0.2) is 56.3 Å². The van der Waals surface area contributed by atoms with E-state index in [4.69, 9.17) is 0 Å². The van der Waals surface area contributed by atoms with E-state index in [1.807, 2.05) is 11.8 Å². The van der Waals surface area contributed by atoms with Crippen molar-refractivity contribution in [2.24, 2.45) is 0 Å². The average molecular weight is 401 g/mol. The van der Waals surface area contributed by atoms with Gasteiger partial charge in [0.1, 0.15) is 0 Å². The number of rotatable bonds is 5. The van der Waals surface area contributed by atoms with Gasteiger partial charge in [0.2, 0.25) is 0 Å². The molecule has 0 bridgehead atoms. The summed E-state index contributed by atoms with van der Waals surface area (Å²) in [6, 6.07) is 14.8. The Kier molecular flexibility index (Phi) is 5.79. The first-order chi connectivity index (χ1) is 9.20. The molecule has 0 aromatic heterocycles. The fourth-order valence-electron chi connectivity index (χ4n) is 1.74. The van der Waals surface area contributed by atoms with Crippen molar-refractivity contribution in [3.8, 4) is 0 Å². The fourth-order valence-corrected chi connectivity index (χ4v) is 3.20. The monoisotopic (exact) mass is 399 g/mol. The maximum absolute atomic E-state index is 3.53. The highest BCUT2D eigenvalue weighted by atomic mass is 79.9. The van der Waals surface area contributed by atoms with E-state index in [-0.39, 0.29) is 0 Å². The van der Waals surface area contributed by atoms with Gasteiger partial charge in [-0.25, -0.2) is 0 Å². The van der Waals surface area contributed by atoms with E-state index in [2.05, 4.69) is 86.6 Å². The van der Waals surface area contributed by atoms with Crippen LogP contribution in [0, 0.1) is 0 Å². The van der Waals surface area contributed by atoms with Crippen molar-refractivity contribution >= 4 is 49.3 Å². The highest BCUT2D eigenvalue weighted by Crippen LogP contribution is 2.28. The van der Waals surface area contributed by atoms with E-state index < -0.39 is 0 Å². The van der Waals surface area contributed by atoms with Crippen LogP contribution in [-0.2, 0) is 6.54 Å². The molecule has 0 heterocycles. The van der Waals surface area contributed by atoms with Crippen LogP contribution in [0.1, 0.15) is 12.5 Å². The highest BCUT2D eigenvalue weighted by molar-refractivity contribution is 9.13. The van der Waals surface area contributed by atoms with Crippen LogP contribution in [0.4, 0.5) is 5.69 Å². The van der Waals surface area contributed by atoms with E-state index in [9.17, 15) is 0 Å². The second-order valence-electron chi connectivity index (χ2n) is 4.03. The Balaban J connectivity index is 2.07. The zero-order chi connectivity index (χ0) is 13.7. The predicted octanol–water partition coefficient (Wildman–Crippen LogP) is 5.94. The summed E-state index contributed by atoms with van der Waals surface area (Å²) in [5, 5.41) is 3.50. The smallest absolute Gasteiger partial charge is 0.0481 e. The lowest BCUT2D eigenvalue weighted by Gasteiger charge is -2.11. The van der Waals surface area contributed by atoms with Gasteiger partial charge in [-0.2, -0.15) is 0 Å². The Morgan fingerprint density at radius 3 is 2.58 bits per heavy atom.